The molecule has 0 radical (unpaired) electrons. The van der Waals surface area contributed by atoms with Gasteiger partial charge < -0.3 is 14.2 Å². The largest absolute Gasteiger partial charge is 0.425 e. The highest BCUT2D eigenvalue weighted by molar-refractivity contribution is 6.69. The molecule has 0 atom stereocenters. The van der Waals surface area contributed by atoms with Crippen molar-refractivity contribution in [1.82, 2.24) is 0 Å². The zero-order chi connectivity index (χ0) is 21.3. The number of hydrogen-bond donors (Lipinski definition) is 0. The van der Waals surface area contributed by atoms with Gasteiger partial charge in [0, 0.05) is 39.6 Å². The Labute approximate surface area is 166 Å². The molecule has 0 spiro atoms. The average Bonchev–Trinajstić information content (AvgIpc) is 2.58. The zero-order valence-electron chi connectivity index (χ0n) is 17.6. The highest BCUT2D eigenvalue weighted by atomic mass is 28.4. The monoisotopic (exact) mass is 410 g/mol. The molecule has 0 saturated heterocycles. The van der Waals surface area contributed by atoms with Crippen LogP contribution in [0.4, 0.5) is 24.5 Å². The summed E-state index contributed by atoms with van der Waals surface area (Å²) < 4.78 is 50.0. The van der Waals surface area contributed by atoms with E-state index < -0.39 is 20.1 Å². The van der Waals surface area contributed by atoms with Crippen molar-refractivity contribution in [2.75, 3.05) is 38.0 Å². The molecule has 2 aromatic carbocycles. The molecule has 2 aromatic rings. The third-order valence-corrected chi connectivity index (χ3v) is 5.36. The van der Waals surface area contributed by atoms with Gasteiger partial charge in [0.25, 0.3) is 0 Å². The third-order valence-electron chi connectivity index (χ3n) is 4.44. The first-order valence-electron chi connectivity index (χ1n) is 9.10. The number of halogens is 3. The number of nitrogens with zero attached hydrogens (tertiary/aromatic N) is 2. The van der Waals surface area contributed by atoms with Crippen LogP contribution in [0.2, 0.25) is 19.6 Å². The van der Waals surface area contributed by atoms with Crippen LogP contribution < -0.4 is 9.80 Å². The second kappa shape index (κ2) is 7.79. The molecular formula is C21H29F3N2OSi. The molecule has 2 rings (SSSR count). The van der Waals surface area contributed by atoms with Gasteiger partial charge in [-0.05, 0) is 55.0 Å². The summed E-state index contributed by atoms with van der Waals surface area (Å²) in [6.45, 7) is 5.32. The fraction of sp³-hybridized carbons (Fsp3) is 0.429. The molecule has 154 valence electrons. The van der Waals surface area contributed by atoms with Crippen LogP contribution in [0.5, 0.6) is 0 Å². The number of anilines is 2. The van der Waals surface area contributed by atoms with E-state index in [9.17, 15) is 13.2 Å². The van der Waals surface area contributed by atoms with Crippen molar-refractivity contribution in [1.29, 1.82) is 0 Å². The topological polar surface area (TPSA) is 15.7 Å². The van der Waals surface area contributed by atoms with E-state index in [0.717, 1.165) is 11.4 Å². The van der Waals surface area contributed by atoms with Crippen LogP contribution in [0.3, 0.4) is 0 Å². The predicted molar refractivity (Wildman–Crippen MR) is 113 cm³/mol. The molecule has 0 aliphatic carbocycles. The molecule has 0 aliphatic rings. The van der Waals surface area contributed by atoms with E-state index in [4.69, 9.17) is 4.43 Å². The molecule has 0 bridgehead atoms. The standard InChI is InChI=1S/C21H29F3N2OSi/c1-25(2)18-12-8-16(9-13-18)20(21(22,23)24,27-28(5,6)7)17-10-14-19(15-11-17)26(3)4/h8-15H,1-7H3. The van der Waals surface area contributed by atoms with Crippen molar-refractivity contribution in [3.63, 3.8) is 0 Å². The van der Waals surface area contributed by atoms with Crippen molar-refractivity contribution in [2.24, 2.45) is 0 Å². The summed E-state index contributed by atoms with van der Waals surface area (Å²) in [5.41, 5.74) is -0.671. The highest BCUT2D eigenvalue weighted by Crippen LogP contribution is 2.49. The van der Waals surface area contributed by atoms with Crippen LogP contribution in [0.1, 0.15) is 11.1 Å². The average molecular weight is 411 g/mol. The Balaban J connectivity index is 2.74. The smallest absolute Gasteiger partial charge is 0.397 e. The Morgan fingerprint density at radius 2 is 1.00 bits per heavy atom. The number of rotatable bonds is 6. The van der Waals surface area contributed by atoms with Crippen LogP contribution in [-0.4, -0.2) is 42.7 Å². The van der Waals surface area contributed by atoms with Gasteiger partial charge in [0.15, 0.2) is 8.32 Å². The van der Waals surface area contributed by atoms with E-state index >= 15 is 0 Å². The van der Waals surface area contributed by atoms with Gasteiger partial charge in [-0.25, -0.2) is 0 Å². The fourth-order valence-corrected chi connectivity index (χ4v) is 4.39. The van der Waals surface area contributed by atoms with Gasteiger partial charge in [-0.3, -0.25) is 0 Å². The van der Waals surface area contributed by atoms with Crippen LogP contribution >= 0.6 is 0 Å². The molecule has 7 heteroatoms. The van der Waals surface area contributed by atoms with E-state index in [1.165, 1.54) is 24.3 Å². The second-order valence-corrected chi connectivity index (χ2v) is 12.7. The van der Waals surface area contributed by atoms with Crippen molar-refractivity contribution in [3.05, 3.63) is 59.7 Å². The summed E-state index contributed by atoms with van der Waals surface area (Å²) in [7, 11) is 4.83. The second-order valence-electron chi connectivity index (χ2n) is 8.28. The maximum atomic E-state index is 14.7. The van der Waals surface area contributed by atoms with Crippen molar-refractivity contribution < 1.29 is 17.6 Å². The third kappa shape index (κ3) is 4.52. The number of benzene rings is 2. The van der Waals surface area contributed by atoms with Gasteiger partial charge >= 0.3 is 6.18 Å². The summed E-state index contributed by atoms with van der Waals surface area (Å²) >= 11 is 0. The summed E-state index contributed by atoms with van der Waals surface area (Å²) in [6.07, 6.45) is -4.62. The van der Waals surface area contributed by atoms with E-state index in [1.807, 2.05) is 38.0 Å². The quantitative estimate of drug-likeness (QED) is 0.587. The Morgan fingerprint density at radius 3 is 1.21 bits per heavy atom. The lowest BCUT2D eigenvalue weighted by molar-refractivity contribution is -0.240. The lowest BCUT2D eigenvalue weighted by Crippen LogP contribution is -2.51. The first kappa shape index (κ1) is 22.3. The Bertz CT molecular complexity index is 728. The van der Waals surface area contributed by atoms with Crippen molar-refractivity contribution in [2.45, 2.75) is 31.4 Å². The summed E-state index contributed by atoms with van der Waals surface area (Å²) in [6, 6.07) is 12.8. The minimum absolute atomic E-state index is 0.0885. The van der Waals surface area contributed by atoms with Crippen LogP contribution in [0.25, 0.3) is 0 Å². The van der Waals surface area contributed by atoms with Crippen LogP contribution in [-0.2, 0) is 10.0 Å². The predicted octanol–water partition coefficient (Wildman–Crippen LogP) is 5.48. The summed E-state index contributed by atoms with van der Waals surface area (Å²) in [4.78, 5) is 3.70. The first-order valence-corrected chi connectivity index (χ1v) is 12.5. The van der Waals surface area contributed by atoms with E-state index in [2.05, 4.69) is 0 Å². The SMILES string of the molecule is CN(C)c1ccc(C(O[Si](C)(C)C)(c2ccc(N(C)C)cc2)C(F)(F)F)cc1. The maximum absolute atomic E-state index is 14.7. The van der Waals surface area contributed by atoms with E-state index in [0.29, 0.717) is 0 Å². The molecule has 0 heterocycles. The molecule has 0 amide bonds. The van der Waals surface area contributed by atoms with E-state index in [-0.39, 0.29) is 11.1 Å². The molecule has 0 fully saturated rings. The van der Waals surface area contributed by atoms with Crippen molar-refractivity contribution in [3.8, 4) is 0 Å². The van der Waals surface area contributed by atoms with Gasteiger partial charge in [-0.2, -0.15) is 13.2 Å². The number of alkyl halides is 3. The number of hydrogen-bond acceptors (Lipinski definition) is 3. The highest BCUT2D eigenvalue weighted by Gasteiger charge is 2.60. The van der Waals surface area contributed by atoms with Gasteiger partial charge in [-0.15, -0.1) is 0 Å². The molecule has 0 aromatic heterocycles. The van der Waals surface area contributed by atoms with Crippen molar-refractivity contribution >= 4 is 19.7 Å². The first-order chi connectivity index (χ1) is 12.8. The van der Waals surface area contributed by atoms with Gasteiger partial charge in [0.1, 0.15) is 0 Å². The fourth-order valence-electron chi connectivity index (χ4n) is 3.12. The van der Waals surface area contributed by atoms with Gasteiger partial charge in [0.05, 0.1) is 0 Å². The zero-order valence-corrected chi connectivity index (χ0v) is 18.6. The lowest BCUT2D eigenvalue weighted by atomic mass is 9.85. The molecule has 0 N–H and O–H groups in total. The molecule has 28 heavy (non-hydrogen) atoms. The normalized spacial score (nSPS) is 12.8. The van der Waals surface area contributed by atoms with Crippen LogP contribution in [0, 0.1) is 0 Å². The Kier molecular flexibility index (Phi) is 6.21. The van der Waals surface area contributed by atoms with E-state index in [1.54, 1.807) is 43.9 Å². The summed E-state index contributed by atoms with van der Waals surface area (Å²) in [5, 5.41) is 0. The molecule has 0 aliphatic heterocycles. The minimum atomic E-state index is -4.62. The lowest BCUT2D eigenvalue weighted by Gasteiger charge is -2.41. The summed E-state index contributed by atoms with van der Waals surface area (Å²) in [5.74, 6) is 0. The minimum Gasteiger partial charge on any atom is -0.397 e. The van der Waals surface area contributed by atoms with Gasteiger partial charge in [0.2, 0.25) is 5.60 Å². The van der Waals surface area contributed by atoms with Gasteiger partial charge in [-0.1, -0.05) is 24.3 Å². The molecule has 0 saturated carbocycles. The molecule has 3 nitrogen and oxygen atoms in total. The molecular weight excluding hydrogens is 381 g/mol. The molecule has 0 unspecified atom stereocenters. The Morgan fingerprint density at radius 1 is 0.679 bits per heavy atom. The van der Waals surface area contributed by atoms with Crippen LogP contribution in [0.15, 0.2) is 48.5 Å². The maximum Gasteiger partial charge on any atom is 0.425 e. The Hall–Kier alpha value is -1.99.